The maximum atomic E-state index is 11.3. The minimum Gasteiger partial charge on any atom is -0.477 e. The summed E-state index contributed by atoms with van der Waals surface area (Å²) in [6, 6.07) is 5.64. The smallest absolute Gasteiger partial charge is 0.347 e. The van der Waals surface area contributed by atoms with Gasteiger partial charge in [-0.3, -0.25) is 10.3 Å². The number of rotatable bonds is 5. The Balaban J connectivity index is 1.69. The van der Waals surface area contributed by atoms with Crippen molar-refractivity contribution in [2.75, 3.05) is 23.3 Å². The van der Waals surface area contributed by atoms with Gasteiger partial charge in [0.1, 0.15) is 10.7 Å². The number of piperidine rings is 1. The lowest BCUT2D eigenvalue weighted by atomic mass is 10.1. The van der Waals surface area contributed by atoms with Gasteiger partial charge in [0.2, 0.25) is 5.95 Å². The van der Waals surface area contributed by atoms with Gasteiger partial charge in [-0.05, 0) is 31.9 Å². The Morgan fingerprint density at radius 3 is 2.59 bits per heavy atom. The molecule has 10 heteroatoms. The van der Waals surface area contributed by atoms with Crippen molar-refractivity contribution in [1.82, 2.24) is 19.9 Å². The van der Waals surface area contributed by atoms with Crippen molar-refractivity contribution in [3.05, 3.63) is 41.2 Å². The quantitative estimate of drug-likeness (QED) is 0.580. The molecular weight excluding hydrogens is 392 g/mol. The number of carboxylic acid groups (broad SMARTS) is 1. The van der Waals surface area contributed by atoms with Crippen LogP contribution in [-0.4, -0.2) is 55.3 Å². The van der Waals surface area contributed by atoms with Gasteiger partial charge in [0, 0.05) is 37.1 Å². The first-order chi connectivity index (χ1) is 14.0. The predicted molar refractivity (Wildman–Crippen MR) is 110 cm³/mol. The number of aliphatic hydroxyl groups excluding tert-OH is 1. The Morgan fingerprint density at radius 2 is 1.93 bits per heavy atom. The van der Waals surface area contributed by atoms with E-state index in [2.05, 4.69) is 30.2 Å². The first-order valence-electron chi connectivity index (χ1n) is 9.20. The summed E-state index contributed by atoms with van der Waals surface area (Å²) in [5, 5.41) is 22.5. The summed E-state index contributed by atoms with van der Waals surface area (Å²) in [5.41, 5.74) is 2.06. The number of aliphatic hydroxyl groups is 1. The summed E-state index contributed by atoms with van der Waals surface area (Å²) < 4.78 is 0. The predicted octanol–water partition coefficient (Wildman–Crippen LogP) is 2.71. The molecule has 0 amide bonds. The number of aromatic nitrogens is 4. The highest BCUT2D eigenvalue weighted by molar-refractivity contribution is 7.17. The lowest BCUT2D eigenvalue weighted by Crippen LogP contribution is -2.36. The Labute approximate surface area is 171 Å². The fourth-order valence-electron chi connectivity index (χ4n) is 3.16. The Morgan fingerprint density at radius 1 is 1.21 bits per heavy atom. The second-order valence-corrected chi connectivity index (χ2v) is 7.75. The van der Waals surface area contributed by atoms with E-state index in [1.54, 1.807) is 19.3 Å². The number of thiazole rings is 1. The van der Waals surface area contributed by atoms with Crippen LogP contribution in [0.1, 0.15) is 28.2 Å². The second-order valence-electron chi connectivity index (χ2n) is 6.75. The zero-order chi connectivity index (χ0) is 20.4. The number of nitrogens with zero attached hydrogens (tertiary/aromatic N) is 5. The van der Waals surface area contributed by atoms with Gasteiger partial charge in [-0.2, -0.15) is 4.98 Å². The standard InChI is InChI=1S/C19H20N6O3S/c1-11-16(17(27)28)29-19(21-11)24-18-22-14(12-2-6-20-7-3-12)10-15(23-18)25-8-4-13(26)5-9-25/h2-3,6-7,10,13,26H,4-5,8-9H2,1H3,(H,27,28)(H,21,22,23,24). The molecule has 29 heavy (non-hydrogen) atoms. The zero-order valence-corrected chi connectivity index (χ0v) is 16.6. The zero-order valence-electron chi connectivity index (χ0n) is 15.7. The van der Waals surface area contributed by atoms with Crippen molar-refractivity contribution in [3.63, 3.8) is 0 Å². The lowest BCUT2D eigenvalue weighted by Gasteiger charge is -2.30. The topological polar surface area (TPSA) is 124 Å². The van der Waals surface area contributed by atoms with Crippen molar-refractivity contribution < 1.29 is 15.0 Å². The van der Waals surface area contributed by atoms with Crippen LogP contribution in [-0.2, 0) is 0 Å². The molecule has 3 aromatic heterocycles. The van der Waals surface area contributed by atoms with Crippen LogP contribution < -0.4 is 10.2 Å². The molecule has 0 aliphatic carbocycles. The number of anilines is 3. The largest absolute Gasteiger partial charge is 0.477 e. The number of carboxylic acids is 1. The van der Waals surface area contributed by atoms with E-state index < -0.39 is 5.97 Å². The Bertz CT molecular complexity index is 1020. The van der Waals surface area contributed by atoms with Crippen LogP contribution in [0.5, 0.6) is 0 Å². The summed E-state index contributed by atoms with van der Waals surface area (Å²) in [4.78, 5) is 31.1. The molecule has 9 nitrogen and oxygen atoms in total. The monoisotopic (exact) mass is 412 g/mol. The second kappa shape index (κ2) is 8.10. The molecule has 1 saturated heterocycles. The summed E-state index contributed by atoms with van der Waals surface area (Å²) in [6.07, 6.45) is 4.49. The highest BCUT2D eigenvalue weighted by Crippen LogP contribution is 2.29. The molecule has 0 radical (unpaired) electrons. The average Bonchev–Trinajstić information content (AvgIpc) is 3.09. The van der Waals surface area contributed by atoms with Gasteiger partial charge in [-0.15, -0.1) is 0 Å². The van der Waals surface area contributed by atoms with Crippen LogP contribution in [0.3, 0.4) is 0 Å². The van der Waals surface area contributed by atoms with Crippen LogP contribution in [0, 0.1) is 6.92 Å². The van der Waals surface area contributed by atoms with Crippen LogP contribution >= 0.6 is 11.3 Å². The fraction of sp³-hybridized carbons (Fsp3) is 0.316. The molecule has 0 saturated carbocycles. The van der Waals surface area contributed by atoms with Crippen molar-refractivity contribution in [3.8, 4) is 11.3 Å². The van der Waals surface area contributed by atoms with E-state index in [0.29, 0.717) is 42.7 Å². The molecule has 1 fully saturated rings. The highest BCUT2D eigenvalue weighted by Gasteiger charge is 2.21. The van der Waals surface area contributed by atoms with E-state index >= 15 is 0 Å². The van der Waals surface area contributed by atoms with E-state index in [9.17, 15) is 15.0 Å². The van der Waals surface area contributed by atoms with Gasteiger partial charge in [0.15, 0.2) is 5.13 Å². The van der Waals surface area contributed by atoms with E-state index in [-0.39, 0.29) is 11.0 Å². The van der Waals surface area contributed by atoms with Gasteiger partial charge in [0.05, 0.1) is 17.5 Å². The minimum absolute atomic E-state index is 0.183. The Kier molecular flexibility index (Phi) is 5.36. The molecule has 0 atom stereocenters. The number of carbonyl (C=O) groups is 1. The molecule has 4 heterocycles. The van der Waals surface area contributed by atoms with Crippen molar-refractivity contribution in [2.24, 2.45) is 0 Å². The number of aromatic carboxylic acids is 1. The maximum absolute atomic E-state index is 11.3. The normalized spacial score (nSPS) is 14.8. The first-order valence-corrected chi connectivity index (χ1v) is 10.0. The van der Waals surface area contributed by atoms with Crippen molar-refractivity contribution in [2.45, 2.75) is 25.9 Å². The number of hydrogen-bond acceptors (Lipinski definition) is 9. The molecule has 1 aliphatic heterocycles. The molecule has 1 aliphatic rings. The number of aryl methyl sites for hydroxylation is 1. The summed E-state index contributed by atoms with van der Waals surface area (Å²) in [6.45, 7) is 3.06. The van der Waals surface area contributed by atoms with E-state index in [0.717, 1.165) is 28.4 Å². The lowest BCUT2D eigenvalue weighted by molar-refractivity contribution is 0.0701. The molecule has 0 bridgehead atoms. The van der Waals surface area contributed by atoms with Gasteiger partial charge < -0.3 is 15.1 Å². The van der Waals surface area contributed by atoms with Gasteiger partial charge in [-0.1, -0.05) is 11.3 Å². The fourth-order valence-corrected chi connectivity index (χ4v) is 3.96. The van der Waals surface area contributed by atoms with Gasteiger partial charge in [-0.25, -0.2) is 14.8 Å². The van der Waals surface area contributed by atoms with Crippen LogP contribution in [0.15, 0.2) is 30.6 Å². The van der Waals surface area contributed by atoms with Crippen LogP contribution in [0.2, 0.25) is 0 Å². The van der Waals surface area contributed by atoms with Crippen LogP contribution in [0.25, 0.3) is 11.3 Å². The summed E-state index contributed by atoms with van der Waals surface area (Å²) in [5.74, 6) is 0.0751. The third kappa shape index (κ3) is 4.33. The Hall–Kier alpha value is -3.11. The summed E-state index contributed by atoms with van der Waals surface area (Å²) in [7, 11) is 0. The van der Waals surface area contributed by atoms with E-state index in [1.165, 1.54) is 0 Å². The molecule has 0 spiro atoms. The molecule has 3 N–H and O–H groups in total. The molecule has 0 unspecified atom stereocenters. The third-order valence-electron chi connectivity index (χ3n) is 4.69. The molecule has 3 aromatic rings. The molecular formula is C19H20N6O3S. The van der Waals surface area contributed by atoms with E-state index in [1.807, 2.05) is 18.2 Å². The van der Waals surface area contributed by atoms with Gasteiger partial charge in [0.25, 0.3) is 0 Å². The average molecular weight is 412 g/mol. The number of nitrogens with one attached hydrogen (secondary N) is 1. The van der Waals surface area contributed by atoms with Crippen LogP contribution in [0.4, 0.5) is 16.9 Å². The molecule has 0 aromatic carbocycles. The third-order valence-corrected chi connectivity index (χ3v) is 5.75. The SMILES string of the molecule is Cc1nc(Nc2nc(-c3ccncc3)cc(N3CCC(O)CC3)n2)sc1C(=O)O. The molecule has 150 valence electrons. The number of pyridine rings is 1. The minimum atomic E-state index is -1.01. The van der Waals surface area contributed by atoms with Gasteiger partial charge >= 0.3 is 5.97 Å². The van der Waals surface area contributed by atoms with Crippen molar-refractivity contribution in [1.29, 1.82) is 0 Å². The first kappa shape index (κ1) is 19.2. The van der Waals surface area contributed by atoms with Crippen molar-refractivity contribution >= 4 is 34.2 Å². The van der Waals surface area contributed by atoms with E-state index in [4.69, 9.17) is 0 Å². The molecule has 4 rings (SSSR count). The maximum Gasteiger partial charge on any atom is 0.347 e. The number of hydrogen-bond donors (Lipinski definition) is 3. The highest BCUT2D eigenvalue weighted by atomic mass is 32.1. The summed E-state index contributed by atoms with van der Waals surface area (Å²) >= 11 is 1.05.